The lowest BCUT2D eigenvalue weighted by atomic mass is 10.3. The molecule has 0 fully saturated rings. The lowest BCUT2D eigenvalue weighted by molar-refractivity contribution is 0.601. The van der Waals surface area contributed by atoms with Gasteiger partial charge in [-0.3, -0.25) is 9.71 Å². The third-order valence-corrected chi connectivity index (χ3v) is 6.09. The van der Waals surface area contributed by atoms with E-state index in [9.17, 15) is 8.42 Å². The summed E-state index contributed by atoms with van der Waals surface area (Å²) in [6, 6.07) is 17.3. The van der Waals surface area contributed by atoms with Crippen LogP contribution >= 0.6 is 23.4 Å². The fourth-order valence-corrected chi connectivity index (χ4v) is 4.11. The molecule has 1 heterocycles. The van der Waals surface area contributed by atoms with Crippen LogP contribution in [-0.4, -0.2) is 13.4 Å². The van der Waals surface area contributed by atoms with E-state index in [0.29, 0.717) is 10.7 Å². The number of hydrogen-bond acceptors (Lipinski definition) is 4. The average molecular weight is 391 g/mol. The lowest BCUT2D eigenvalue weighted by Gasteiger charge is -2.09. The summed E-state index contributed by atoms with van der Waals surface area (Å²) in [5, 5.41) is 0.494. The Kier molecular flexibility index (Phi) is 5.63. The fourth-order valence-electron chi connectivity index (χ4n) is 2.10. The molecular weight excluding hydrogens is 376 g/mol. The molecule has 1 aromatic heterocycles. The second-order valence-corrected chi connectivity index (χ2v) is 8.40. The van der Waals surface area contributed by atoms with E-state index in [1.165, 1.54) is 12.1 Å². The number of hydrogen-bond donors (Lipinski definition) is 1. The highest BCUT2D eigenvalue weighted by atomic mass is 35.5. The van der Waals surface area contributed by atoms with Gasteiger partial charge >= 0.3 is 0 Å². The maximum Gasteiger partial charge on any atom is 0.261 e. The van der Waals surface area contributed by atoms with Gasteiger partial charge in [-0.2, -0.15) is 0 Å². The van der Waals surface area contributed by atoms with Gasteiger partial charge < -0.3 is 0 Å². The number of halogens is 1. The summed E-state index contributed by atoms with van der Waals surface area (Å²) in [7, 11) is -3.62. The minimum absolute atomic E-state index is 0.173. The molecular formula is C18H15ClN2O2S2. The van der Waals surface area contributed by atoms with E-state index in [1.54, 1.807) is 42.2 Å². The zero-order valence-electron chi connectivity index (χ0n) is 13.1. The molecule has 0 aliphatic heterocycles. The Balaban J connectivity index is 1.65. The van der Waals surface area contributed by atoms with Gasteiger partial charge in [0.15, 0.2) is 0 Å². The van der Waals surface area contributed by atoms with E-state index in [1.807, 2.05) is 30.5 Å². The van der Waals surface area contributed by atoms with Gasteiger partial charge in [-0.15, -0.1) is 11.8 Å². The standard InChI is InChI=1S/C18H15ClN2O2S2/c19-15-3-9-18(10-4-15)25(22,23)21-16-5-7-17(8-6-16)24-13-14-2-1-11-20-12-14/h1-12,21H,13H2. The molecule has 1 N–H and O–H groups in total. The molecule has 25 heavy (non-hydrogen) atoms. The Morgan fingerprint density at radius 1 is 1.00 bits per heavy atom. The number of nitrogens with zero attached hydrogens (tertiary/aromatic N) is 1. The Morgan fingerprint density at radius 2 is 1.72 bits per heavy atom. The Morgan fingerprint density at radius 3 is 2.36 bits per heavy atom. The molecule has 7 heteroatoms. The van der Waals surface area contributed by atoms with Crippen molar-refractivity contribution in [1.29, 1.82) is 0 Å². The first-order valence-electron chi connectivity index (χ1n) is 7.43. The maximum absolute atomic E-state index is 12.3. The molecule has 0 amide bonds. The Hall–Kier alpha value is -2.02. The first kappa shape index (κ1) is 17.8. The summed E-state index contributed by atoms with van der Waals surface area (Å²) in [6.07, 6.45) is 3.58. The van der Waals surface area contributed by atoms with Crippen molar-refractivity contribution in [3.8, 4) is 0 Å². The highest BCUT2D eigenvalue weighted by Gasteiger charge is 2.13. The quantitative estimate of drug-likeness (QED) is 0.612. The second kappa shape index (κ2) is 7.91. The van der Waals surface area contributed by atoms with Crippen molar-refractivity contribution < 1.29 is 8.42 Å². The first-order chi connectivity index (χ1) is 12.0. The van der Waals surface area contributed by atoms with Gasteiger partial charge in [0, 0.05) is 33.8 Å². The number of benzene rings is 2. The van der Waals surface area contributed by atoms with E-state index >= 15 is 0 Å². The molecule has 0 atom stereocenters. The molecule has 0 aliphatic carbocycles. The smallest absolute Gasteiger partial charge is 0.261 e. The summed E-state index contributed by atoms with van der Waals surface area (Å²) in [4.78, 5) is 5.31. The van der Waals surface area contributed by atoms with Crippen molar-refractivity contribution in [2.45, 2.75) is 15.5 Å². The van der Waals surface area contributed by atoms with Crippen LogP contribution in [0.5, 0.6) is 0 Å². The van der Waals surface area contributed by atoms with E-state index in [0.717, 1.165) is 16.2 Å². The Bertz CT molecular complexity index is 929. The minimum Gasteiger partial charge on any atom is -0.280 e. The number of rotatable bonds is 6. The monoisotopic (exact) mass is 390 g/mol. The molecule has 0 radical (unpaired) electrons. The van der Waals surface area contributed by atoms with Crippen LogP contribution in [0.25, 0.3) is 0 Å². The number of pyridine rings is 1. The van der Waals surface area contributed by atoms with E-state index < -0.39 is 10.0 Å². The van der Waals surface area contributed by atoms with Crippen molar-refractivity contribution in [2.75, 3.05) is 4.72 Å². The Labute approximate surface area is 156 Å². The third-order valence-electron chi connectivity index (χ3n) is 3.36. The summed E-state index contributed by atoms with van der Waals surface area (Å²) in [5.74, 6) is 0.809. The molecule has 0 aliphatic rings. The normalized spacial score (nSPS) is 11.2. The van der Waals surface area contributed by atoms with E-state index in [2.05, 4.69) is 9.71 Å². The average Bonchev–Trinajstić information content (AvgIpc) is 2.62. The van der Waals surface area contributed by atoms with Gasteiger partial charge in [0.25, 0.3) is 10.0 Å². The third kappa shape index (κ3) is 4.98. The predicted octanol–water partition coefficient (Wildman–Crippen LogP) is 4.83. The minimum atomic E-state index is -3.62. The molecule has 0 unspecified atom stereocenters. The molecule has 4 nitrogen and oxygen atoms in total. The molecule has 2 aromatic carbocycles. The fraction of sp³-hybridized carbons (Fsp3) is 0.0556. The van der Waals surface area contributed by atoms with Crippen LogP contribution in [-0.2, 0) is 15.8 Å². The summed E-state index contributed by atoms with van der Waals surface area (Å²) < 4.78 is 27.2. The van der Waals surface area contributed by atoms with Gasteiger partial charge in [-0.25, -0.2) is 8.42 Å². The molecule has 0 saturated heterocycles. The van der Waals surface area contributed by atoms with Gasteiger partial charge in [0.05, 0.1) is 4.90 Å². The molecule has 128 valence electrons. The van der Waals surface area contributed by atoms with Crippen molar-refractivity contribution in [3.05, 3.63) is 83.6 Å². The van der Waals surface area contributed by atoms with Crippen molar-refractivity contribution in [3.63, 3.8) is 0 Å². The van der Waals surface area contributed by atoms with Gasteiger partial charge in [0.1, 0.15) is 0 Å². The molecule has 3 aromatic rings. The van der Waals surface area contributed by atoms with Crippen molar-refractivity contribution >= 4 is 39.1 Å². The molecule has 0 saturated carbocycles. The number of anilines is 1. The number of nitrogens with one attached hydrogen (secondary N) is 1. The molecule has 0 spiro atoms. The number of aromatic nitrogens is 1. The SMILES string of the molecule is O=S(=O)(Nc1ccc(SCc2cccnc2)cc1)c1ccc(Cl)cc1. The van der Waals surface area contributed by atoms with Crippen LogP contribution in [0.3, 0.4) is 0 Å². The lowest BCUT2D eigenvalue weighted by Crippen LogP contribution is -2.12. The predicted molar refractivity (Wildman–Crippen MR) is 103 cm³/mol. The van der Waals surface area contributed by atoms with Gasteiger partial charge in [-0.1, -0.05) is 17.7 Å². The molecule has 0 bridgehead atoms. The maximum atomic E-state index is 12.3. The zero-order valence-corrected chi connectivity index (χ0v) is 15.5. The number of sulfonamides is 1. The summed E-state index contributed by atoms with van der Waals surface area (Å²) >= 11 is 7.46. The van der Waals surface area contributed by atoms with Gasteiger partial charge in [0.2, 0.25) is 0 Å². The van der Waals surface area contributed by atoms with Crippen LogP contribution in [0.15, 0.2) is 82.8 Å². The number of thioether (sulfide) groups is 1. The van der Waals surface area contributed by atoms with Crippen LogP contribution in [0.4, 0.5) is 5.69 Å². The van der Waals surface area contributed by atoms with E-state index in [4.69, 9.17) is 11.6 Å². The second-order valence-electron chi connectivity index (χ2n) is 5.23. The zero-order chi connectivity index (χ0) is 17.7. The highest BCUT2D eigenvalue weighted by Crippen LogP contribution is 2.25. The topological polar surface area (TPSA) is 59.1 Å². The van der Waals surface area contributed by atoms with Crippen LogP contribution < -0.4 is 4.72 Å². The summed E-state index contributed by atoms with van der Waals surface area (Å²) in [5.41, 5.74) is 1.65. The van der Waals surface area contributed by atoms with E-state index in [-0.39, 0.29) is 4.90 Å². The van der Waals surface area contributed by atoms with Gasteiger partial charge in [-0.05, 0) is 60.2 Å². The van der Waals surface area contributed by atoms with Crippen LogP contribution in [0, 0.1) is 0 Å². The van der Waals surface area contributed by atoms with Crippen molar-refractivity contribution in [1.82, 2.24) is 4.98 Å². The molecule has 3 rings (SSSR count). The largest absolute Gasteiger partial charge is 0.280 e. The van der Waals surface area contributed by atoms with Crippen LogP contribution in [0.2, 0.25) is 5.02 Å². The first-order valence-corrected chi connectivity index (χ1v) is 10.3. The van der Waals surface area contributed by atoms with Crippen LogP contribution in [0.1, 0.15) is 5.56 Å². The van der Waals surface area contributed by atoms with Crippen molar-refractivity contribution in [2.24, 2.45) is 0 Å². The summed E-state index contributed by atoms with van der Waals surface area (Å²) in [6.45, 7) is 0. The highest BCUT2D eigenvalue weighted by molar-refractivity contribution is 7.98.